The van der Waals surface area contributed by atoms with E-state index in [1.165, 1.54) is 38.5 Å². The zero-order valence-corrected chi connectivity index (χ0v) is 7.64. The van der Waals surface area contributed by atoms with E-state index in [4.69, 9.17) is 0 Å². The molecule has 2 aliphatic carbocycles. The van der Waals surface area contributed by atoms with E-state index in [2.05, 4.69) is 6.29 Å². The third-order valence-electron chi connectivity index (χ3n) is 3.84. The van der Waals surface area contributed by atoms with Crippen LogP contribution in [0.3, 0.4) is 0 Å². The topological polar surface area (TPSA) is 17.1 Å². The Morgan fingerprint density at radius 1 is 1.00 bits per heavy atom. The Kier molecular flexibility index (Phi) is 2.20. The molecule has 1 heteroatoms. The van der Waals surface area contributed by atoms with E-state index in [0.717, 1.165) is 12.8 Å². The van der Waals surface area contributed by atoms with Crippen LogP contribution in [0.2, 0.25) is 0 Å². The summed E-state index contributed by atoms with van der Waals surface area (Å²) in [5.41, 5.74) is 0.0282. The summed E-state index contributed by atoms with van der Waals surface area (Å²) in [5, 5.41) is 0. The van der Waals surface area contributed by atoms with Crippen molar-refractivity contribution in [1.29, 1.82) is 0 Å². The first-order chi connectivity index (χ1) is 5.87. The lowest BCUT2D eigenvalue weighted by atomic mass is 9.58. The minimum absolute atomic E-state index is 0.0282. The molecular formula is C11H17O. The zero-order chi connectivity index (χ0) is 8.44. The molecule has 2 fully saturated rings. The van der Waals surface area contributed by atoms with Gasteiger partial charge in [0.2, 0.25) is 6.29 Å². The van der Waals surface area contributed by atoms with E-state index in [-0.39, 0.29) is 5.41 Å². The van der Waals surface area contributed by atoms with Crippen molar-refractivity contribution in [3.05, 3.63) is 0 Å². The number of hydrogen-bond donors (Lipinski definition) is 0. The molecule has 2 rings (SSSR count). The lowest BCUT2D eigenvalue weighted by Crippen LogP contribution is -2.39. The smallest absolute Gasteiger partial charge is 0.205 e. The lowest BCUT2D eigenvalue weighted by molar-refractivity contribution is 0.0959. The third kappa shape index (κ3) is 1.19. The molecule has 2 saturated carbocycles. The molecule has 0 bridgehead atoms. The molecule has 0 aromatic carbocycles. The number of carbonyl (C=O) groups excluding carboxylic acids is 1. The predicted octanol–water partition coefficient (Wildman–Crippen LogP) is 2.85. The van der Waals surface area contributed by atoms with Gasteiger partial charge >= 0.3 is 0 Å². The first-order valence-corrected chi connectivity index (χ1v) is 5.27. The van der Waals surface area contributed by atoms with Gasteiger partial charge in [-0.15, -0.1) is 0 Å². The quantitative estimate of drug-likeness (QED) is 0.615. The van der Waals surface area contributed by atoms with E-state index in [9.17, 15) is 4.79 Å². The average Bonchev–Trinajstić information content (AvgIpc) is 2.05. The van der Waals surface area contributed by atoms with Crippen molar-refractivity contribution >= 4 is 6.29 Å². The van der Waals surface area contributed by atoms with E-state index < -0.39 is 0 Å². The molecule has 0 aliphatic heterocycles. The van der Waals surface area contributed by atoms with E-state index >= 15 is 0 Å². The molecule has 0 heterocycles. The molecule has 2 aliphatic rings. The molecule has 0 aromatic rings. The normalized spacial score (nSPS) is 29.3. The number of hydrogen-bond acceptors (Lipinski definition) is 1. The van der Waals surface area contributed by atoms with Gasteiger partial charge in [0.05, 0.1) is 0 Å². The molecule has 0 spiro atoms. The maximum absolute atomic E-state index is 10.9. The van der Waals surface area contributed by atoms with Crippen molar-refractivity contribution in [3.63, 3.8) is 0 Å². The Hall–Kier alpha value is -0.330. The summed E-state index contributed by atoms with van der Waals surface area (Å²) in [5.74, 6) is 0.692. The van der Waals surface area contributed by atoms with Crippen LogP contribution in [0.25, 0.3) is 0 Å². The lowest BCUT2D eigenvalue weighted by Gasteiger charge is -2.44. The highest BCUT2D eigenvalue weighted by Gasteiger charge is 2.44. The Morgan fingerprint density at radius 3 is 2.08 bits per heavy atom. The Labute approximate surface area is 74.5 Å². The van der Waals surface area contributed by atoms with Gasteiger partial charge in [-0.25, -0.2) is 0 Å². The Balaban J connectivity index is 1.99. The van der Waals surface area contributed by atoms with Crippen LogP contribution in [0.1, 0.15) is 51.4 Å². The van der Waals surface area contributed by atoms with Gasteiger partial charge in [-0.1, -0.05) is 25.7 Å². The van der Waals surface area contributed by atoms with Gasteiger partial charge < -0.3 is 0 Å². The van der Waals surface area contributed by atoms with Crippen LogP contribution >= 0.6 is 0 Å². The second-order valence-electron chi connectivity index (χ2n) is 4.45. The van der Waals surface area contributed by atoms with Crippen molar-refractivity contribution in [2.75, 3.05) is 0 Å². The summed E-state index contributed by atoms with van der Waals surface area (Å²) in [6, 6.07) is 0. The molecular weight excluding hydrogens is 148 g/mol. The average molecular weight is 165 g/mol. The van der Waals surface area contributed by atoms with Crippen molar-refractivity contribution in [2.45, 2.75) is 51.4 Å². The van der Waals surface area contributed by atoms with E-state index in [1.807, 2.05) is 0 Å². The van der Waals surface area contributed by atoms with Crippen molar-refractivity contribution in [3.8, 4) is 0 Å². The molecule has 12 heavy (non-hydrogen) atoms. The highest BCUT2D eigenvalue weighted by Crippen LogP contribution is 2.50. The predicted molar refractivity (Wildman–Crippen MR) is 48.6 cm³/mol. The van der Waals surface area contributed by atoms with Gasteiger partial charge in [0.1, 0.15) is 0 Å². The van der Waals surface area contributed by atoms with Crippen LogP contribution in [0, 0.1) is 11.3 Å². The highest BCUT2D eigenvalue weighted by molar-refractivity contribution is 5.62. The molecule has 1 nitrogen and oxygen atoms in total. The van der Waals surface area contributed by atoms with Gasteiger partial charge in [0, 0.05) is 5.41 Å². The maximum atomic E-state index is 10.9. The summed E-state index contributed by atoms with van der Waals surface area (Å²) < 4.78 is 0. The minimum Gasteiger partial charge on any atom is -0.290 e. The summed E-state index contributed by atoms with van der Waals surface area (Å²) in [7, 11) is 0. The molecule has 0 amide bonds. The van der Waals surface area contributed by atoms with Crippen LogP contribution in [0.4, 0.5) is 0 Å². The second kappa shape index (κ2) is 3.20. The Bertz CT molecular complexity index is 164. The highest BCUT2D eigenvalue weighted by atomic mass is 16.1. The summed E-state index contributed by atoms with van der Waals surface area (Å²) >= 11 is 0. The SMILES string of the molecule is O=[C]C1(C2CCCCC2)CCC1. The van der Waals surface area contributed by atoms with Gasteiger partial charge in [0.25, 0.3) is 0 Å². The van der Waals surface area contributed by atoms with Crippen molar-refractivity contribution in [1.82, 2.24) is 0 Å². The molecule has 1 radical (unpaired) electrons. The van der Waals surface area contributed by atoms with Gasteiger partial charge in [-0.05, 0) is 31.6 Å². The van der Waals surface area contributed by atoms with E-state index in [1.54, 1.807) is 0 Å². The molecule has 67 valence electrons. The second-order valence-corrected chi connectivity index (χ2v) is 4.45. The van der Waals surface area contributed by atoms with Crippen LogP contribution in [0.5, 0.6) is 0 Å². The zero-order valence-electron chi connectivity index (χ0n) is 7.64. The standard InChI is InChI=1S/C11H17O/c12-9-11(7-4-8-11)10-5-2-1-3-6-10/h10H,1-8H2. The first-order valence-electron chi connectivity index (χ1n) is 5.27. The third-order valence-corrected chi connectivity index (χ3v) is 3.84. The van der Waals surface area contributed by atoms with Crippen LogP contribution in [0.15, 0.2) is 0 Å². The van der Waals surface area contributed by atoms with Crippen molar-refractivity contribution in [2.24, 2.45) is 11.3 Å². The minimum atomic E-state index is 0.0282. The van der Waals surface area contributed by atoms with Gasteiger partial charge in [-0.2, -0.15) is 0 Å². The fourth-order valence-corrected chi connectivity index (χ4v) is 2.81. The molecule has 0 aromatic heterocycles. The fourth-order valence-electron chi connectivity index (χ4n) is 2.81. The van der Waals surface area contributed by atoms with Crippen LogP contribution in [-0.2, 0) is 4.79 Å². The molecule has 0 N–H and O–H groups in total. The molecule has 0 saturated heterocycles. The monoisotopic (exact) mass is 165 g/mol. The summed E-state index contributed by atoms with van der Waals surface area (Å²) in [6.07, 6.45) is 12.5. The van der Waals surface area contributed by atoms with Crippen molar-refractivity contribution < 1.29 is 4.79 Å². The van der Waals surface area contributed by atoms with E-state index in [0.29, 0.717) is 5.92 Å². The maximum Gasteiger partial charge on any atom is 0.205 e. The molecule has 0 unspecified atom stereocenters. The van der Waals surface area contributed by atoms with Crippen LogP contribution < -0.4 is 0 Å². The first kappa shape index (κ1) is 8.28. The summed E-state index contributed by atoms with van der Waals surface area (Å²) in [4.78, 5) is 10.9. The van der Waals surface area contributed by atoms with Gasteiger partial charge in [-0.3, -0.25) is 4.79 Å². The fraction of sp³-hybridized carbons (Fsp3) is 0.909. The Morgan fingerprint density at radius 2 is 1.67 bits per heavy atom. The van der Waals surface area contributed by atoms with Crippen LogP contribution in [-0.4, -0.2) is 6.29 Å². The largest absolute Gasteiger partial charge is 0.290 e. The molecule has 0 atom stereocenters. The summed E-state index contributed by atoms with van der Waals surface area (Å²) in [6.45, 7) is 0. The van der Waals surface area contributed by atoms with Gasteiger partial charge in [0.15, 0.2) is 0 Å². The number of rotatable bonds is 2.